The maximum Gasteiger partial charge on any atom is 0.0808 e. The highest BCUT2D eigenvalue weighted by Crippen LogP contribution is 2.02. The summed E-state index contributed by atoms with van der Waals surface area (Å²) in [5.74, 6) is 0. The fourth-order valence-electron chi connectivity index (χ4n) is 1.28. The maximum absolute atomic E-state index is 9.50. The fourth-order valence-corrected chi connectivity index (χ4v) is 1.28. The molecule has 0 aromatic heterocycles. The molecule has 0 bridgehead atoms. The molecule has 16 heavy (non-hydrogen) atoms. The average Bonchev–Trinajstić information content (AvgIpc) is 2.31. The second-order valence-electron chi connectivity index (χ2n) is 3.54. The highest BCUT2D eigenvalue weighted by Gasteiger charge is 2.01. The molecule has 0 saturated heterocycles. The summed E-state index contributed by atoms with van der Waals surface area (Å²) < 4.78 is 5.37. The van der Waals surface area contributed by atoms with Crippen LogP contribution in [-0.2, 0) is 11.3 Å². The third-order valence-corrected chi connectivity index (χ3v) is 2.10. The number of rotatable bonds is 7. The van der Waals surface area contributed by atoms with Crippen LogP contribution in [0.2, 0.25) is 0 Å². The Morgan fingerprint density at radius 1 is 1.19 bits per heavy atom. The summed E-state index contributed by atoms with van der Waals surface area (Å²) in [6, 6.07) is 9.84. The highest BCUT2D eigenvalue weighted by atomic mass is 16.5. The van der Waals surface area contributed by atoms with Gasteiger partial charge in [-0.3, -0.25) is 0 Å². The summed E-state index contributed by atoms with van der Waals surface area (Å²) in [6.45, 7) is 0.837. The Labute approximate surface area is 96.0 Å². The van der Waals surface area contributed by atoms with E-state index in [0.717, 1.165) is 5.56 Å². The van der Waals surface area contributed by atoms with E-state index in [1.165, 1.54) is 0 Å². The molecule has 0 radical (unpaired) electrons. The van der Waals surface area contributed by atoms with Gasteiger partial charge >= 0.3 is 0 Å². The minimum absolute atomic E-state index is 0.0115. The number of ether oxygens (including phenoxy) is 1. The summed E-state index contributed by atoms with van der Waals surface area (Å²) >= 11 is 0. The first kappa shape index (κ1) is 12.9. The number of aliphatic hydroxyl groups is 2. The molecule has 1 aromatic carbocycles. The first-order valence-electron chi connectivity index (χ1n) is 5.38. The van der Waals surface area contributed by atoms with Crippen molar-refractivity contribution in [3.63, 3.8) is 0 Å². The third kappa shape index (κ3) is 5.66. The summed E-state index contributed by atoms with van der Waals surface area (Å²) in [6.07, 6.45) is 3.36. The molecule has 0 saturated carbocycles. The predicted molar refractivity (Wildman–Crippen MR) is 62.9 cm³/mol. The largest absolute Gasteiger partial charge is 0.392 e. The molecule has 2 N–H and O–H groups in total. The lowest BCUT2D eigenvalue weighted by Gasteiger charge is -2.09. The van der Waals surface area contributed by atoms with Crippen molar-refractivity contribution >= 4 is 0 Å². The smallest absolute Gasteiger partial charge is 0.0808 e. The van der Waals surface area contributed by atoms with E-state index < -0.39 is 6.10 Å². The summed E-state index contributed by atoms with van der Waals surface area (Å²) in [7, 11) is 0. The van der Waals surface area contributed by atoms with E-state index in [9.17, 15) is 5.11 Å². The van der Waals surface area contributed by atoms with Gasteiger partial charge in [0.2, 0.25) is 0 Å². The van der Waals surface area contributed by atoms with Gasteiger partial charge in [0.25, 0.3) is 0 Å². The van der Waals surface area contributed by atoms with Crippen molar-refractivity contribution in [2.24, 2.45) is 0 Å². The number of hydrogen-bond donors (Lipinski definition) is 2. The first-order chi connectivity index (χ1) is 7.83. The topological polar surface area (TPSA) is 49.7 Å². The monoisotopic (exact) mass is 222 g/mol. The molecule has 0 unspecified atom stereocenters. The van der Waals surface area contributed by atoms with Crippen LogP contribution >= 0.6 is 0 Å². The summed E-state index contributed by atoms with van der Waals surface area (Å²) in [4.78, 5) is 0. The van der Waals surface area contributed by atoms with Crippen molar-refractivity contribution < 1.29 is 14.9 Å². The summed E-state index contributed by atoms with van der Waals surface area (Å²) in [5, 5.41) is 18.0. The van der Waals surface area contributed by atoms with Crippen molar-refractivity contribution in [1.29, 1.82) is 0 Å². The van der Waals surface area contributed by atoms with E-state index in [1.54, 1.807) is 12.2 Å². The SMILES string of the molecule is OC/C=C/C[C@@H](O)COCc1ccccc1. The number of benzene rings is 1. The minimum Gasteiger partial charge on any atom is -0.392 e. The van der Waals surface area contributed by atoms with Crippen molar-refractivity contribution in [3.8, 4) is 0 Å². The van der Waals surface area contributed by atoms with Gasteiger partial charge in [0.1, 0.15) is 0 Å². The van der Waals surface area contributed by atoms with E-state index in [2.05, 4.69) is 0 Å². The van der Waals surface area contributed by atoms with Gasteiger partial charge in [-0.05, 0) is 12.0 Å². The van der Waals surface area contributed by atoms with Gasteiger partial charge in [-0.1, -0.05) is 42.5 Å². The summed E-state index contributed by atoms with van der Waals surface area (Å²) in [5.41, 5.74) is 1.10. The zero-order chi connectivity index (χ0) is 11.6. The van der Waals surface area contributed by atoms with E-state index in [4.69, 9.17) is 9.84 Å². The Morgan fingerprint density at radius 2 is 1.94 bits per heavy atom. The van der Waals surface area contributed by atoms with Crippen molar-refractivity contribution in [3.05, 3.63) is 48.0 Å². The third-order valence-electron chi connectivity index (χ3n) is 2.10. The van der Waals surface area contributed by atoms with Gasteiger partial charge < -0.3 is 14.9 Å². The van der Waals surface area contributed by atoms with E-state index >= 15 is 0 Å². The van der Waals surface area contributed by atoms with Crippen LogP contribution in [0.25, 0.3) is 0 Å². The number of aliphatic hydroxyl groups excluding tert-OH is 2. The normalized spacial score (nSPS) is 13.1. The Kier molecular flexibility index (Phi) is 6.49. The van der Waals surface area contributed by atoms with Gasteiger partial charge in [-0.2, -0.15) is 0 Å². The molecule has 0 aliphatic carbocycles. The standard InChI is InChI=1S/C13H18O3/c14-9-5-4-8-13(15)11-16-10-12-6-2-1-3-7-12/h1-7,13-15H,8-11H2/b5-4+/t13-/m1/s1. The lowest BCUT2D eigenvalue weighted by molar-refractivity contribution is 0.0300. The Bertz CT molecular complexity index is 295. The molecule has 0 amide bonds. The second-order valence-corrected chi connectivity index (χ2v) is 3.54. The molecule has 0 aliphatic rings. The van der Waals surface area contributed by atoms with Crippen LogP contribution in [0, 0.1) is 0 Å². The van der Waals surface area contributed by atoms with Gasteiger partial charge in [-0.15, -0.1) is 0 Å². The Hall–Kier alpha value is -1.16. The molecule has 1 aromatic rings. The lowest BCUT2D eigenvalue weighted by Crippen LogP contribution is -2.14. The van der Waals surface area contributed by atoms with Crippen LogP contribution in [0.1, 0.15) is 12.0 Å². The minimum atomic E-state index is -0.508. The van der Waals surface area contributed by atoms with Crippen molar-refractivity contribution in [2.45, 2.75) is 19.1 Å². The highest BCUT2D eigenvalue weighted by molar-refractivity contribution is 5.13. The molecule has 1 atom stereocenters. The molecular formula is C13H18O3. The molecule has 1 rings (SSSR count). The van der Waals surface area contributed by atoms with E-state index in [0.29, 0.717) is 19.6 Å². The first-order valence-corrected chi connectivity index (χ1v) is 5.38. The van der Waals surface area contributed by atoms with Crippen molar-refractivity contribution in [1.82, 2.24) is 0 Å². The second kappa shape index (κ2) is 8.05. The zero-order valence-electron chi connectivity index (χ0n) is 9.25. The molecule has 3 nitrogen and oxygen atoms in total. The molecule has 88 valence electrons. The molecule has 0 fully saturated rings. The lowest BCUT2D eigenvalue weighted by atomic mass is 10.2. The molecule has 3 heteroatoms. The average molecular weight is 222 g/mol. The van der Waals surface area contributed by atoms with Crippen LogP contribution in [0.5, 0.6) is 0 Å². The quantitative estimate of drug-likeness (QED) is 0.687. The molecule has 0 heterocycles. The van der Waals surface area contributed by atoms with Gasteiger partial charge in [0.15, 0.2) is 0 Å². The van der Waals surface area contributed by atoms with Crippen LogP contribution in [0.4, 0.5) is 0 Å². The van der Waals surface area contributed by atoms with Crippen molar-refractivity contribution in [2.75, 3.05) is 13.2 Å². The molecule has 0 spiro atoms. The fraction of sp³-hybridized carbons (Fsp3) is 0.385. The van der Waals surface area contributed by atoms with Crippen LogP contribution < -0.4 is 0 Å². The molecule has 0 aliphatic heterocycles. The van der Waals surface area contributed by atoms with Crippen LogP contribution in [0.15, 0.2) is 42.5 Å². The van der Waals surface area contributed by atoms with Crippen LogP contribution in [0.3, 0.4) is 0 Å². The van der Waals surface area contributed by atoms with Crippen LogP contribution in [-0.4, -0.2) is 29.5 Å². The van der Waals surface area contributed by atoms with Gasteiger partial charge in [-0.25, -0.2) is 0 Å². The van der Waals surface area contributed by atoms with Gasteiger partial charge in [0.05, 0.1) is 25.9 Å². The van der Waals surface area contributed by atoms with E-state index in [-0.39, 0.29) is 6.61 Å². The zero-order valence-corrected chi connectivity index (χ0v) is 9.25. The maximum atomic E-state index is 9.50. The predicted octanol–water partition coefficient (Wildman–Crippen LogP) is 1.50. The Morgan fingerprint density at radius 3 is 2.62 bits per heavy atom. The van der Waals surface area contributed by atoms with E-state index in [1.807, 2.05) is 30.3 Å². The number of hydrogen-bond acceptors (Lipinski definition) is 3. The molecular weight excluding hydrogens is 204 g/mol. The van der Waals surface area contributed by atoms with Gasteiger partial charge in [0, 0.05) is 0 Å². The Balaban J connectivity index is 2.13.